The Kier molecular flexibility index (Phi) is 10.2. The number of carbonyl (C=O) groups excluding carboxylic acids is 3. The van der Waals surface area contributed by atoms with Crippen molar-refractivity contribution in [2.24, 2.45) is 5.73 Å². The van der Waals surface area contributed by atoms with Gasteiger partial charge in [0.15, 0.2) is 0 Å². The topological polar surface area (TPSA) is 136 Å². The van der Waals surface area contributed by atoms with E-state index in [1.54, 1.807) is 13.8 Å². The van der Waals surface area contributed by atoms with Crippen LogP contribution in [0, 0.1) is 0 Å². The minimum absolute atomic E-state index is 0.0735. The molecule has 124 valence electrons. The number of rotatable bonds is 2. The average molecular weight is 314 g/mol. The Balaban J connectivity index is 0. The van der Waals surface area contributed by atoms with Crippen molar-refractivity contribution in [3.63, 3.8) is 0 Å². The first-order chi connectivity index (χ1) is 10.1. The summed E-state index contributed by atoms with van der Waals surface area (Å²) in [5.41, 5.74) is 5.64. The average Bonchev–Trinajstić information content (AvgIpc) is 2.73. The molecule has 0 bridgehead atoms. The van der Waals surface area contributed by atoms with Crippen LogP contribution in [0.3, 0.4) is 0 Å². The summed E-state index contributed by atoms with van der Waals surface area (Å²) in [6, 6.07) is 0. The lowest BCUT2D eigenvalue weighted by Gasteiger charge is -2.00. The van der Waals surface area contributed by atoms with Gasteiger partial charge in [-0.3, -0.25) is 4.79 Å². The zero-order chi connectivity index (χ0) is 18.0. The van der Waals surface area contributed by atoms with E-state index in [9.17, 15) is 19.2 Å². The second-order valence-corrected chi connectivity index (χ2v) is 4.06. The van der Waals surface area contributed by atoms with Gasteiger partial charge in [0.1, 0.15) is 0 Å². The van der Waals surface area contributed by atoms with E-state index in [0.717, 1.165) is 0 Å². The lowest BCUT2D eigenvalue weighted by molar-refractivity contribution is -0.151. The van der Waals surface area contributed by atoms with Gasteiger partial charge in [-0.1, -0.05) is 0 Å². The molecule has 22 heavy (non-hydrogen) atoms. The molecule has 8 heteroatoms. The van der Waals surface area contributed by atoms with Gasteiger partial charge in [0.25, 0.3) is 0 Å². The van der Waals surface area contributed by atoms with Crippen molar-refractivity contribution in [3.8, 4) is 0 Å². The summed E-state index contributed by atoms with van der Waals surface area (Å²) >= 11 is 0. The van der Waals surface area contributed by atoms with E-state index in [4.69, 9.17) is 5.11 Å². The van der Waals surface area contributed by atoms with Crippen LogP contribution >= 0.6 is 0 Å². The van der Waals surface area contributed by atoms with Crippen LogP contribution in [0.25, 0.3) is 0 Å². The highest BCUT2D eigenvalue weighted by Crippen LogP contribution is 2.14. The van der Waals surface area contributed by atoms with E-state index in [-0.39, 0.29) is 17.1 Å². The highest BCUT2D eigenvalue weighted by molar-refractivity contribution is 6.11. The molecule has 0 aliphatic carbocycles. The van der Waals surface area contributed by atoms with Gasteiger partial charge >= 0.3 is 17.9 Å². The SMILES string of the molecule is CC1=C(C)C(=O)OC1=O.CN.CNC(=O)/C(C)=C(/C)C(=O)O. The fourth-order valence-electron chi connectivity index (χ4n) is 1.06. The molecule has 8 nitrogen and oxygen atoms in total. The molecule has 1 aliphatic heterocycles. The lowest BCUT2D eigenvalue weighted by atomic mass is 10.1. The van der Waals surface area contributed by atoms with Crippen LogP contribution in [0.1, 0.15) is 27.7 Å². The predicted molar refractivity (Wildman–Crippen MR) is 79.7 cm³/mol. The molecule has 1 aliphatic rings. The summed E-state index contributed by atoms with van der Waals surface area (Å²) in [7, 11) is 2.96. The van der Waals surface area contributed by atoms with Gasteiger partial charge in [-0.05, 0) is 34.7 Å². The second kappa shape index (κ2) is 10.3. The van der Waals surface area contributed by atoms with Gasteiger partial charge in [0.05, 0.1) is 0 Å². The molecule has 1 heterocycles. The van der Waals surface area contributed by atoms with Gasteiger partial charge in [-0.25, -0.2) is 14.4 Å². The number of aliphatic carboxylic acids is 1. The Labute approximate surface area is 129 Å². The molecule has 4 N–H and O–H groups in total. The van der Waals surface area contributed by atoms with Gasteiger partial charge in [0, 0.05) is 29.3 Å². The molecule has 0 aromatic rings. The molecular formula is C14H22N2O6. The van der Waals surface area contributed by atoms with Crippen molar-refractivity contribution in [2.45, 2.75) is 27.7 Å². The van der Waals surface area contributed by atoms with Gasteiger partial charge in [0.2, 0.25) is 5.91 Å². The normalized spacial score (nSPS) is 14.0. The fourth-order valence-corrected chi connectivity index (χ4v) is 1.06. The number of nitrogens with two attached hydrogens (primary N) is 1. The van der Waals surface area contributed by atoms with Crippen LogP contribution in [0.4, 0.5) is 0 Å². The Morgan fingerprint density at radius 2 is 1.36 bits per heavy atom. The van der Waals surface area contributed by atoms with E-state index in [2.05, 4.69) is 15.8 Å². The number of likely N-dealkylation sites (N-methyl/N-ethyl adjacent to an activating group) is 1. The summed E-state index contributed by atoms with van der Waals surface area (Å²) in [6.45, 7) is 6.01. The van der Waals surface area contributed by atoms with Crippen molar-refractivity contribution in [1.29, 1.82) is 0 Å². The maximum absolute atomic E-state index is 10.8. The van der Waals surface area contributed by atoms with E-state index in [1.807, 2.05) is 0 Å². The van der Waals surface area contributed by atoms with Crippen LogP contribution < -0.4 is 11.1 Å². The van der Waals surface area contributed by atoms with E-state index in [1.165, 1.54) is 27.9 Å². The number of nitrogens with one attached hydrogen (secondary N) is 1. The molecule has 1 rings (SSSR count). The minimum Gasteiger partial charge on any atom is -0.478 e. The number of esters is 2. The fraction of sp³-hybridized carbons (Fsp3) is 0.429. The van der Waals surface area contributed by atoms with Gasteiger partial charge in [-0.2, -0.15) is 0 Å². The number of cyclic esters (lactones) is 2. The highest BCUT2D eigenvalue weighted by Gasteiger charge is 2.25. The summed E-state index contributed by atoms with van der Waals surface area (Å²) in [6.07, 6.45) is 0. The van der Waals surface area contributed by atoms with E-state index in [0.29, 0.717) is 11.1 Å². The number of hydrogen-bond acceptors (Lipinski definition) is 6. The minimum atomic E-state index is -1.06. The van der Waals surface area contributed by atoms with Crippen molar-refractivity contribution in [3.05, 3.63) is 22.3 Å². The highest BCUT2D eigenvalue weighted by atomic mass is 16.6. The first kappa shape index (κ1) is 21.8. The third-order valence-electron chi connectivity index (χ3n) is 2.81. The first-order valence-electron chi connectivity index (χ1n) is 6.28. The summed E-state index contributed by atoms with van der Waals surface area (Å²) in [5, 5.41) is 10.8. The summed E-state index contributed by atoms with van der Waals surface area (Å²) in [4.78, 5) is 42.1. The Hall–Kier alpha value is -2.48. The number of hydrogen-bond donors (Lipinski definition) is 3. The smallest absolute Gasteiger partial charge is 0.342 e. The Bertz CT molecular complexity index is 509. The molecule has 0 saturated carbocycles. The van der Waals surface area contributed by atoms with Crippen molar-refractivity contribution in [2.75, 3.05) is 14.1 Å². The van der Waals surface area contributed by atoms with Crippen molar-refractivity contribution in [1.82, 2.24) is 5.32 Å². The van der Waals surface area contributed by atoms with Crippen LogP contribution in [0.15, 0.2) is 22.3 Å². The standard InChI is InChI=1S/C7H11NO3.C6H6O3.CH5N/c1-4(6(9)8-3)5(2)7(10)11;1-3-4(2)6(8)9-5(3)7;1-2/h1-3H3,(H,8,9)(H,10,11);1-2H3;2H2,1H3/b5-4-;;. The molecular weight excluding hydrogens is 292 g/mol. The molecule has 1 amide bonds. The summed E-state index contributed by atoms with van der Waals surface area (Å²) in [5.74, 6) is -2.45. The monoisotopic (exact) mass is 314 g/mol. The maximum Gasteiger partial charge on any atom is 0.342 e. The third-order valence-corrected chi connectivity index (χ3v) is 2.81. The third kappa shape index (κ3) is 6.31. The number of carboxylic acids is 1. The van der Waals surface area contributed by atoms with Crippen LogP contribution in [0.5, 0.6) is 0 Å². The number of carboxylic acid groups (broad SMARTS) is 1. The number of ether oxygens (including phenoxy) is 1. The van der Waals surface area contributed by atoms with Crippen LogP contribution in [-0.4, -0.2) is 43.0 Å². The van der Waals surface area contributed by atoms with Crippen LogP contribution in [0.2, 0.25) is 0 Å². The molecule has 0 aromatic heterocycles. The molecule has 0 spiro atoms. The molecule has 0 fully saturated rings. The number of amides is 1. The summed E-state index contributed by atoms with van der Waals surface area (Å²) < 4.78 is 4.23. The Morgan fingerprint density at radius 1 is 1.00 bits per heavy atom. The first-order valence-corrected chi connectivity index (χ1v) is 6.28. The predicted octanol–water partition coefficient (Wildman–Crippen LogP) is 0.135. The number of carbonyl (C=O) groups is 4. The lowest BCUT2D eigenvalue weighted by Crippen LogP contribution is -2.20. The van der Waals surface area contributed by atoms with E-state index >= 15 is 0 Å². The van der Waals surface area contributed by atoms with Crippen molar-refractivity contribution < 1.29 is 29.0 Å². The Morgan fingerprint density at radius 3 is 1.55 bits per heavy atom. The zero-order valence-corrected chi connectivity index (χ0v) is 13.6. The molecule has 0 saturated heterocycles. The van der Waals surface area contributed by atoms with E-state index < -0.39 is 17.9 Å². The largest absolute Gasteiger partial charge is 0.478 e. The van der Waals surface area contributed by atoms with Crippen molar-refractivity contribution >= 4 is 23.8 Å². The van der Waals surface area contributed by atoms with Crippen LogP contribution in [-0.2, 0) is 23.9 Å². The zero-order valence-electron chi connectivity index (χ0n) is 13.6. The quantitative estimate of drug-likeness (QED) is 0.374. The maximum atomic E-state index is 10.8. The van der Waals surface area contributed by atoms with Gasteiger partial charge < -0.3 is 20.9 Å². The van der Waals surface area contributed by atoms with Gasteiger partial charge in [-0.15, -0.1) is 0 Å². The molecule has 0 atom stereocenters. The molecule has 0 radical (unpaired) electrons. The molecule has 0 unspecified atom stereocenters. The second-order valence-electron chi connectivity index (χ2n) is 4.06. The molecule has 0 aromatic carbocycles.